The molecule has 1 amide bonds. The van der Waals surface area contributed by atoms with E-state index < -0.39 is 5.82 Å². The fraction of sp³-hybridized carbons (Fsp3) is 0.462. The summed E-state index contributed by atoms with van der Waals surface area (Å²) in [4.78, 5) is 13.3. The predicted molar refractivity (Wildman–Crippen MR) is 67.3 cm³/mol. The maximum absolute atomic E-state index is 13.5. The third-order valence-electron chi connectivity index (χ3n) is 2.77. The number of nitrogens with two attached hydrogens (primary N) is 1. The summed E-state index contributed by atoms with van der Waals surface area (Å²) in [6, 6.07) is 6.23. The van der Waals surface area contributed by atoms with Crippen LogP contribution < -0.4 is 10.6 Å². The van der Waals surface area contributed by atoms with Crippen LogP contribution in [0.2, 0.25) is 0 Å². The number of nitrogens with zero attached hydrogens (tertiary/aromatic N) is 1. The van der Waals surface area contributed by atoms with Crippen molar-refractivity contribution in [3.8, 4) is 0 Å². The van der Waals surface area contributed by atoms with E-state index in [1.807, 2.05) is 13.8 Å². The van der Waals surface area contributed by atoms with Crippen LogP contribution in [-0.4, -0.2) is 19.5 Å². The highest BCUT2D eigenvalue weighted by Gasteiger charge is 2.23. The smallest absolute Gasteiger partial charge is 0.227 e. The number of benzene rings is 1. The molecule has 0 unspecified atom stereocenters. The number of anilines is 1. The first kappa shape index (κ1) is 13.6. The summed E-state index contributed by atoms with van der Waals surface area (Å²) >= 11 is 0. The zero-order valence-electron chi connectivity index (χ0n) is 10.5. The van der Waals surface area contributed by atoms with Gasteiger partial charge in [-0.05, 0) is 24.1 Å². The van der Waals surface area contributed by atoms with Crippen LogP contribution in [0, 0.1) is 11.2 Å². The van der Waals surface area contributed by atoms with Gasteiger partial charge < -0.3 is 10.6 Å². The normalized spacial score (nSPS) is 11.4. The second-order valence-corrected chi connectivity index (χ2v) is 4.95. The number of para-hydroxylation sites is 1. The summed E-state index contributed by atoms with van der Waals surface area (Å²) in [6.07, 6.45) is 0.300. The molecule has 1 aromatic carbocycles. The SMILES string of the molecule is CN(C(=O)CC(C)(C)CN)c1ccccc1F. The summed E-state index contributed by atoms with van der Waals surface area (Å²) in [6.45, 7) is 4.25. The molecule has 1 rings (SSSR count). The highest BCUT2D eigenvalue weighted by molar-refractivity contribution is 5.93. The molecule has 0 fully saturated rings. The van der Waals surface area contributed by atoms with Gasteiger partial charge in [0.05, 0.1) is 5.69 Å². The highest BCUT2D eigenvalue weighted by Crippen LogP contribution is 2.23. The van der Waals surface area contributed by atoms with Gasteiger partial charge in [0.25, 0.3) is 0 Å². The van der Waals surface area contributed by atoms with Gasteiger partial charge >= 0.3 is 0 Å². The minimum Gasteiger partial charge on any atom is -0.330 e. The fourth-order valence-electron chi connectivity index (χ4n) is 1.46. The van der Waals surface area contributed by atoms with E-state index in [2.05, 4.69) is 0 Å². The fourth-order valence-corrected chi connectivity index (χ4v) is 1.46. The maximum atomic E-state index is 13.5. The molecular formula is C13H19FN2O. The molecule has 3 nitrogen and oxygen atoms in total. The van der Waals surface area contributed by atoms with E-state index >= 15 is 0 Å². The summed E-state index contributed by atoms with van der Waals surface area (Å²) in [5.41, 5.74) is 5.61. The van der Waals surface area contributed by atoms with Crippen molar-refractivity contribution in [1.29, 1.82) is 0 Å². The topological polar surface area (TPSA) is 46.3 Å². The molecular weight excluding hydrogens is 219 g/mol. The quantitative estimate of drug-likeness (QED) is 0.873. The van der Waals surface area contributed by atoms with Gasteiger partial charge in [-0.1, -0.05) is 26.0 Å². The molecule has 1 aromatic rings. The molecule has 17 heavy (non-hydrogen) atoms. The molecule has 0 spiro atoms. The Labute approximate surface area is 101 Å². The van der Waals surface area contributed by atoms with Gasteiger partial charge in [0.15, 0.2) is 0 Å². The first-order valence-electron chi connectivity index (χ1n) is 5.58. The van der Waals surface area contributed by atoms with Crippen molar-refractivity contribution in [2.45, 2.75) is 20.3 Å². The van der Waals surface area contributed by atoms with E-state index in [0.29, 0.717) is 18.7 Å². The van der Waals surface area contributed by atoms with Crippen molar-refractivity contribution in [3.05, 3.63) is 30.1 Å². The number of hydrogen-bond donors (Lipinski definition) is 1. The molecule has 0 atom stereocenters. The van der Waals surface area contributed by atoms with E-state index in [1.165, 1.54) is 11.0 Å². The lowest BCUT2D eigenvalue weighted by molar-refractivity contribution is -0.120. The third-order valence-corrected chi connectivity index (χ3v) is 2.77. The number of hydrogen-bond acceptors (Lipinski definition) is 2. The Balaban J connectivity index is 2.81. The van der Waals surface area contributed by atoms with Crippen LogP contribution in [0.15, 0.2) is 24.3 Å². The van der Waals surface area contributed by atoms with Crippen molar-refractivity contribution < 1.29 is 9.18 Å². The minimum atomic E-state index is -0.395. The van der Waals surface area contributed by atoms with Gasteiger partial charge in [-0.15, -0.1) is 0 Å². The van der Waals surface area contributed by atoms with E-state index in [1.54, 1.807) is 25.2 Å². The Morgan fingerprint density at radius 1 is 1.41 bits per heavy atom. The van der Waals surface area contributed by atoms with Crippen LogP contribution in [-0.2, 0) is 4.79 Å². The van der Waals surface area contributed by atoms with Crippen molar-refractivity contribution >= 4 is 11.6 Å². The Morgan fingerprint density at radius 3 is 2.53 bits per heavy atom. The van der Waals surface area contributed by atoms with Crippen LogP contribution >= 0.6 is 0 Å². The average molecular weight is 238 g/mol. The number of amides is 1. The molecule has 4 heteroatoms. The van der Waals surface area contributed by atoms with Gasteiger partial charge in [-0.3, -0.25) is 4.79 Å². The molecule has 0 aromatic heterocycles. The summed E-state index contributed by atoms with van der Waals surface area (Å²) in [5.74, 6) is -0.528. The Hall–Kier alpha value is -1.42. The van der Waals surface area contributed by atoms with E-state index in [4.69, 9.17) is 5.73 Å². The molecule has 0 saturated carbocycles. The lowest BCUT2D eigenvalue weighted by Crippen LogP contribution is -2.34. The molecule has 94 valence electrons. The monoisotopic (exact) mass is 238 g/mol. The second-order valence-electron chi connectivity index (χ2n) is 4.95. The Kier molecular flexibility index (Phi) is 4.23. The Bertz CT molecular complexity index is 404. The maximum Gasteiger partial charge on any atom is 0.227 e. The first-order valence-corrected chi connectivity index (χ1v) is 5.58. The van der Waals surface area contributed by atoms with Crippen LogP contribution in [0.4, 0.5) is 10.1 Å². The highest BCUT2D eigenvalue weighted by atomic mass is 19.1. The van der Waals surface area contributed by atoms with Gasteiger partial charge in [0.1, 0.15) is 5.82 Å². The summed E-state index contributed by atoms with van der Waals surface area (Å²) < 4.78 is 13.5. The lowest BCUT2D eigenvalue weighted by Gasteiger charge is -2.25. The second kappa shape index (κ2) is 5.27. The number of rotatable bonds is 4. The van der Waals surface area contributed by atoms with Crippen LogP contribution in [0.25, 0.3) is 0 Å². The van der Waals surface area contributed by atoms with E-state index in [9.17, 15) is 9.18 Å². The van der Waals surface area contributed by atoms with Crippen LogP contribution in [0.5, 0.6) is 0 Å². The summed E-state index contributed by atoms with van der Waals surface area (Å²) in [5, 5.41) is 0. The summed E-state index contributed by atoms with van der Waals surface area (Å²) in [7, 11) is 1.58. The molecule has 2 N–H and O–H groups in total. The molecule has 0 aliphatic heterocycles. The lowest BCUT2D eigenvalue weighted by atomic mass is 9.89. The third kappa shape index (κ3) is 3.53. The van der Waals surface area contributed by atoms with Crippen LogP contribution in [0.1, 0.15) is 20.3 Å². The zero-order valence-corrected chi connectivity index (χ0v) is 10.5. The van der Waals surface area contributed by atoms with Gasteiger partial charge in [-0.2, -0.15) is 0 Å². The Morgan fingerprint density at radius 2 is 2.00 bits per heavy atom. The molecule has 0 saturated heterocycles. The van der Waals surface area contributed by atoms with Crippen molar-refractivity contribution in [3.63, 3.8) is 0 Å². The van der Waals surface area contributed by atoms with Crippen LogP contribution in [0.3, 0.4) is 0 Å². The molecule has 0 aliphatic carbocycles. The average Bonchev–Trinajstić information content (AvgIpc) is 2.28. The number of carbonyl (C=O) groups is 1. The van der Waals surface area contributed by atoms with Crippen molar-refractivity contribution in [2.75, 3.05) is 18.5 Å². The molecule has 0 radical (unpaired) electrons. The predicted octanol–water partition coefficient (Wildman–Crippen LogP) is 2.16. The van der Waals surface area contributed by atoms with E-state index in [0.717, 1.165) is 0 Å². The van der Waals surface area contributed by atoms with Crippen molar-refractivity contribution in [2.24, 2.45) is 11.1 Å². The minimum absolute atomic E-state index is 0.134. The standard InChI is InChI=1S/C13H19FN2O/c1-13(2,9-15)8-12(17)16(3)11-7-5-4-6-10(11)14/h4-7H,8-9,15H2,1-3H3. The van der Waals surface area contributed by atoms with Gasteiger partial charge in [-0.25, -0.2) is 4.39 Å². The molecule has 0 bridgehead atoms. The van der Waals surface area contributed by atoms with E-state index in [-0.39, 0.29) is 11.3 Å². The van der Waals surface area contributed by atoms with Crippen molar-refractivity contribution in [1.82, 2.24) is 0 Å². The van der Waals surface area contributed by atoms with Gasteiger partial charge in [0.2, 0.25) is 5.91 Å². The number of carbonyl (C=O) groups excluding carboxylic acids is 1. The zero-order chi connectivity index (χ0) is 13.1. The molecule has 0 aliphatic rings. The number of halogens is 1. The first-order chi connectivity index (χ1) is 7.87. The largest absolute Gasteiger partial charge is 0.330 e. The molecule has 0 heterocycles. The van der Waals surface area contributed by atoms with Gasteiger partial charge in [0, 0.05) is 13.5 Å².